The van der Waals surface area contributed by atoms with Gasteiger partial charge in [0, 0.05) is 17.8 Å². The SMILES string of the molecule is CCCCCC[N@@+]12C[C@@H](C)[C@@H]3CC[C@@H]([C@@]31C)[C@](C)(OCc1ccccc1)C2.[Br-]. The van der Waals surface area contributed by atoms with Crippen molar-refractivity contribution in [3.63, 3.8) is 0 Å². The van der Waals surface area contributed by atoms with Crippen LogP contribution in [0.5, 0.6) is 0 Å². The highest BCUT2D eigenvalue weighted by Crippen LogP contribution is 2.65. The van der Waals surface area contributed by atoms with Crippen LogP contribution in [0, 0.1) is 17.8 Å². The fourth-order valence-electron chi connectivity index (χ4n) is 7.70. The van der Waals surface area contributed by atoms with Gasteiger partial charge >= 0.3 is 0 Å². The van der Waals surface area contributed by atoms with E-state index in [2.05, 4.69) is 58.0 Å². The lowest BCUT2D eigenvalue weighted by Crippen LogP contribution is -3.00. The zero-order valence-corrected chi connectivity index (χ0v) is 20.0. The topological polar surface area (TPSA) is 9.23 Å². The molecular formula is C25H40BrNO. The lowest BCUT2D eigenvalue weighted by atomic mass is 9.76. The Morgan fingerprint density at radius 3 is 2.54 bits per heavy atom. The Morgan fingerprint density at radius 2 is 1.82 bits per heavy atom. The second-order valence-corrected chi connectivity index (χ2v) is 10.3. The molecule has 1 aromatic carbocycles. The van der Waals surface area contributed by atoms with E-state index < -0.39 is 0 Å². The van der Waals surface area contributed by atoms with Crippen LogP contribution < -0.4 is 17.0 Å². The summed E-state index contributed by atoms with van der Waals surface area (Å²) in [4.78, 5) is 0. The Hall–Kier alpha value is -0.380. The predicted molar refractivity (Wildman–Crippen MR) is 112 cm³/mol. The highest BCUT2D eigenvalue weighted by molar-refractivity contribution is 5.16. The Kier molecular flexibility index (Phi) is 6.69. The van der Waals surface area contributed by atoms with E-state index in [1.165, 1.54) is 68.2 Å². The monoisotopic (exact) mass is 449 g/mol. The van der Waals surface area contributed by atoms with E-state index in [0.29, 0.717) is 5.54 Å². The highest BCUT2D eigenvalue weighted by atomic mass is 79.9. The molecule has 2 heterocycles. The molecule has 0 amide bonds. The van der Waals surface area contributed by atoms with E-state index in [0.717, 1.165) is 24.4 Å². The summed E-state index contributed by atoms with van der Waals surface area (Å²) >= 11 is 0. The zero-order chi connectivity index (χ0) is 19.1. The molecule has 1 aromatic rings. The lowest BCUT2D eigenvalue weighted by Gasteiger charge is -2.43. The third-order valence-corrected chi connectivity index (χ3v) is 8.77. The Balaban J connectivity index is 0.00000225. The van der Waals surface area contributed by atoms with Crippen LogP contribution in [0.4, 0.5) is 0 Å². The van der Waals surface area contributed by atoms with Gasteiger partial charge in [-0.3, -0.25) is 0 Å². The van der Waals surface area contributed by atoms with E-state index in [1.807, 2.05) is 0 Å². The molecule has 0 spiro atoms. The normalized spacial score (nSPS) is 41.1. The number of unbranched alkanes of at least 4 members (excludes halogenated alkanes) is 3. The molecule has 2 nitrogen and oxygen atoms in total. The number of hydrogen-bond acceptors (Lipinski definition) is 1. The molecule has 2 aliphatic heterocycles. The van der Waals surface area contributed by atoms with Crippen molar-refractivity contribution in [1.82, 2.24) is 0 Å². The summed E-state index contributed by atoms with van der Waals surface area (Å²) < 4.78 is 8.13. The van der Waals surface area contributed by atoms with Gasteiger partial charge in [0.2, 0.25) is 0 Å². The van der Waals surface area contributed by atoms with E-state index >= 15 is 0 Å². The number of halogens is 1. The van der Waals surface area contributed by atoms with Gasteiger partial charge in [-0.15, -0.1) is 0 Å². The third-order valence-electron chi connectivity index (χ3n) is 8.77. The van der Waals surface area contributed by atoms with Crippen molar-refractivity contribution in [1.29, 1.82) is 0 Å². The fraction of sp³-hybridized carbons (Fsp3) is 0.760. The molecule has 3 heteroatoms. The van der Waals surface area contributed by atoms with Crippen molar-refractivity contribution in [2.45, 2.75) is 84.0 Å². The second-order valence-electron chi connectivity index (χ2n) is 10.3. The average Bonchev–Trinajstić information content (AvgIpc) is 3.19. The molecule has 158 valence electrons. The maximum Gasteiger partial charge on any atom is 0.123 e. The first kappa shape index (κ1) is 22.3. The molecule has 0 N–H and O–H groups in total. The minimum atomic E-state index is 0. The van der Waals surface area contributed by atoms with E-state index in [1.54, 1.807) is 0 Å². The van der Waals surface area contributed by atoms with Crippen LogP contribution in [0.25, 0.3) is 0 Å². The summed E-state index contributed by atoms with van der Waals surface area (Å²) in [7, 11) is 0. The third kappa shape index (κ3) is 3.40. The summed E-state index contributed by atoms with van der Waals surface area (Å²) in [6, 6.07) is 10.8. The molecule has 0 bridgehead atoms. The zero-order valence-electron chi connectivity index (χ0n) is 18.4. The summed E-state index contributed by atoms with van der Waals surface area (Å²) in [6.45, 7) is 14.7. The quantitative estimate of drug-likeness (QED) is 0.437. The fourth-order valence-corrected chi connectivity index (χ4v) is 7.70. The minimum Gasteiger partial charge on any atom is -1.00 e. The van der Waals surface area contributed by atoms with E-state index in [9.17, 15) is 0 Å². The van der Waals surface area contributed by atoms with Gasteiger partial charge in [-0.2, -0.15) is 0 Å². The van der Waals surface area contributed by atoms with Crippen LogP contribution >= 0.6 is 0 Å². The number of hydrogen-bond donors (Lipinski definition) is 0. The van der Waals surface area contributed by atoms with Gasteiger partial charge in [-0.25, -0.2) is 0 Å². The van der Waals surface area contributed by atoms with Crippen molar-refractivity contribution in [3.8, 4) is 0 Å². The average molecular weight is 451 g/mol. The summed E-state index contributed by atoms with van der Waals surface area (Å²) in [5, 5.41) is 0. The van der Waals surface area contributed by atoms with Crippen LogP contribution in [0.2, 0.25) is 0 Å². The van der Waals surface area contributed by atoms with Crippen LogP contribution in [0.1, 0.15) is 71.8 Å². The number of ether oxygens (including phenoxy) is 1. The van der Waals surface area contributed by atoms with Gasteiger partial charge < -0.3 is 26.2 Å². The standard InChI is InChI=1S/C25H40NO.BrH/c1-5-6-7-11-16-26-17-20(2)22-14-15-23(25(22,26)4)24(3,19-26)27-18-21-12-9-8-10-13-21;/h8-10,12-13,20,22-23H,5-7,11,14-19H2,1-4H3;1H/q+1;/p-1/t20-,22+,23-,24-,25-,26+;/m1./s1. The molecule has 2 saturated heterocycles. The van der Waals surface area contributed by atoms with Crippen molar-refractivity contribution >= 4 is 0 Å². The second kappa shape index (κ2) is 8.40. The van der Waals surface area contributed by atoms with Gasteiger partial charge in [0.05, 0.1) is 19.7 Å². The molecule has 4 rings (SSSR count). The largest absolute Gasteiger partial charge is 1.00 e. The van der Waals surface area contributed by atoms with Gasteiger partial charge in [-0.05, 0) is 45.1 Å². The summed E-state index contributed by atoms with van der Waals surface area (Å²) in [5.74, 6) is 2.50. The van der Waals surface area contributed by atoms with Gasteiger partial charge in [-0.1, -0.05) is 57.0 Å². The first-order valence-electron chi connectivity index (χ1n) is 11.5. The molecule has 0 aromatic heterocycles. The number of rotatable bonds is 8. The van der Waals surface area contributed by atoms with Crippen LogP contribution in [-0.4, -0.2) is 35.3 Å². The van der Waals surface area contributed by atoms with Gasteiger partial charge in [0.25, 0.3) is 0 Å². The Bertz CT molecular complexity index is 651. The molecule has 1 aliphatic carbocycles. The molecule has 0 radical (unpaired) electrons. The van der Waals surface area contributed by atoms with Crippen LogP contribution in [-0.2, 0) is 11.3 Å². The van der Waals surface area contributed by atoms with Gasteiger partial charge in [0.1, 0.15) is 17.7 Å². The van der Waals surface area contributed by atoms with E-state index in [4.69, 9.17) is 4.74 Å². The van der Waals surface area contributed by atoms with Gasteiger partial charge in [0.15, 0.2) is 0 Å². The molecule has 6 atom stereocenters. The number of nitrogens with zero attached hydrogens (tertiary/aromatic N) is 1. The summed E-state index contributed by atoms with van der Waals surface area (Å²) in [6.07, 6.45) is 8.30. The van der Waals surface area contributed by atoms with Crippen molar-refractivity contribution in [2.24, 2.45) is 17.8 Å². The van der Waals surface area contributed by atoms with Crippen molar-refractivity contribution in [3.05, 3.63) is 35.9 Å². The Morgan fingerprint density at radius 1 is 1.07 bits per heavy atom. The number of quaternary nitrogens is 1. The molecule has 3 fully saturated rings. The maximum atomic E-state index is 6.78. The van der Waals surface area contributed by atoms with Crippen molar-refractivity contribution < 1.29 is 26.2 Å². The smallest absolute Gasteiger partial charge is 0.123 e. The molecule has 0 unspecified atom stereocenters. The molecule has 1 saturated carbocycles. The minimum absolute atomic E-state index is 0. The van der Waals surface area contributed by atoms with Crippen LogP contribution in [0.3, 0.4) is 0 Å². The Labute approximate surface area is 183 Å². The number of benzene rings is 1. The molecular weight excluding hydrogens is 410 g/mol. The van der Waals surface area contributed by atoms with Crippen molar-refractivity contribution in [2.75, 3.05) is 19.6 Å². The predicted octanol–water partition coefficient (Wildman–Crippen LogP) is 2.81. The molecule has 3 aliphatic rings. The summed E-state index contributed by atoms with van der Waals surface area (Å²) in [5.41, 5.74) is 1.79. The maximum absolute atomic E-state index is 6.78. The first-order chi connectivity index (χ1) is 13.0. The first-order valence-corrected chi connectivity index (χ1v) is 11.5. The van der Waals surface area contributed by atoms with E-state index in [-0.39, 0.29) is 22.6 Å². The molecule has 28 heavy (non-hydrogen) atoms. The lowest BCUT2D eigenvalue weighted by molar-refractivity contribution is -0.955. The highest BCUT2D eigenvalue weighted by Gasteiger charge is 2.76. The van der Waals surface area contributed by atoms with Crippen LogP contribution in [0.15, 0.2) is 30.3 Å².